The third-order valence-corrected chi connectivity index (χ3v) is 4.58. The number of carbonyl (C=O) groups excluding carboxylic acids is 1. The largest absolute Gasteiger partial charge is 0.466 e. The summed E-state index contributed by atoms with van der Waals surface area (Å²) < 4.78 is 24.1. The molecule has 4 nitrogen and oxygen atoms in total. The number of rotatable bonds is 6. The van der Waals surface area contributed by atoms with Crippen molar-refractivity contribution in [2.24, 2.45) is 5.73 Å². The number of ether oxygens (including phenoxy) is 2. The zero-order valence-corrected chi connectivity index (χ0v) is 14.1. The van der Waals surface area contributed by atoms with E-state index in [2.05, 4.69) is 0 Å². The number of carbonyl (C=O) groups is 1. The molecule has 1 fully saturated rings. The Bertz CT molecular complexity index is 547. The molecule has 0 spiro atoms. The Morgan fingerprint density at radius 1 is 1.43 bits per heavy atom. The molecule has 1 aliphatic rings. The lowest BCUT2D eigenvalue weighted by Crippen LogP contribution is -2.36. The molecule has 0 amide bonds. The second-order valence-corrected chi connectivity index (χ2v) is 6.35. The summed E-state index contributed by atoms with van der Waals surface area (Å²) in [6.07, 6.45) is 1.28. The van der Waals surface area contributed by atoms with Gasteiger partial charge in [-0.25, -0.2) is 0 Å². The van der Waals surface area contributed by atoms with Crippen LogP contribution in [0.3, 0.4) is 0 Å². The van der Waals surface area contributed by atoms with E-state index >= 15 is 0 Å². The fourth-order valence-corrected chi connectivity index (χ4v) is 3.16. The van der Waals surface area contributed by atoms with E-state index in [4.69, 9.17) is 26.8 Å². The third-order valence-electron chi connectivity index (χ3n) is 4.36. The summed E-state index contributed by atoms with van der Waals surface area (Å²) in [5, 5.41) is 0.496. The van der Waals surface area contributed by atoms with E-state index < -0.39 is 18.1 Å². The molecule has 1 saturated heterocycles. The van der Waals surface area contributed by atoms with Crippen LogP contribution in [0.4, 0.5) is 4.39 Å². The van der Waals surface area contributed by atoms with Crippen LogP contribution in [0.25, 0.3) is 0 Å². The van der Waals surface area contributed by atoms with E-state index in [1.807, 2.05) is 6.07 Å². The monoisotopic (exact) mass is 343 g/mol. The summed E-state index contributed by atoms with van der Waals surface area (Å²) in [7, 11) is 0. The zero-order valence-electron chi connectivity index (χ0n) is 13.3. The second-order valence-electron chi connectivity index (χ2n) is 5.92. The van der Waals surface area contributed by atoms with Gasteiger partial charge in [0.25, 0.3) is 0 Å². The maximum atomic E-state index is 13.8. The van der Waals surface area contributed by atoms with Crippen LogP contribution in [-0.2, 0) is 19.7 Å². The van der Waals surface area contributed by atoms with Crippen molar-refractivity contribution in [3.05, 3.63) is 34.3 Å². The van der Waals surface area contributed by atoms with Crippen molar-refractivity contribution in [3.63, 3.8) is 0 Å². The highest BCUT2D eigenvalue weighted by Gasteiger charge is 2.35. The van der Waals surface area contributed by atoms with E-state index in [0.717, 1.165) is 11.1 Å². The van der Waals surface area contributed by atoms with Crippen LogP contribution in [-0.4, -0.2) is 32.5 Å². The summed E-state index contributed by atoms with van der Waals surface area (Å²) in [5.41, 5.74) is 7.06. The number of esters is 1. The van der Waals surface area contributed by atoms with Gasteiger partial charge in [0.2, 0.25) is 0 Å². The van der Waals surface area contributed by atoms with Gasteiger partial charge < -0.3 is 15.2 Å². The van der Waals surface area contributed by atoms with Crippen LogP contribution >= 0.6 is 11.6 Å². The van der Waals surface area contributed by atoms with Crippen molar-refractivity contribution in [1.82, 2.24) is 0 Å². The fourth-order valence-electron chi connectivity index (χ4n) is 2.91. The van der Waals surface area contributed by atoms with Crippen molar-refractivity contribution >= 4 is 17.6 Å². The first-order valence-corrected chi connectivity index (χ1v) is 8.24. The standard InChI is InChI=1S/C17H23ClFNO3/c1-2-23-16(21)10-15(20)12-7-13(9-14(18)8-12)17(11-19)3-5-22-6-4-17/h7-9,15H,2-6,10-11,20H2,1H3. The molecule has 1 heterocycles. The van der Waals surface area contributed by atoms with E-state index in [-0.39, 0.29) is 12.4 Å². The predicted octanol–water partition coefficient (Wildman–Crippen LogP) is 3.31. The normalized spacial score (nSPS) is 18.4. The van der Waals surface area contributed by atoms with Crippen LogP contribution in [0.15, 0.2) is 18.2 Å². The number of hydrogen-bond donors (Lipinski definition) is 1. The molecule has 0 aromatic heterocycles. The minimum absolute atomic E-state index is 0.0688. The van der Waals surface area contributed by atoms with Crippen LogP contribution in [0, 0.1) is 0 Å². The van der Waals surface area contributed by atoms with Gasteiger partial charge in [0, 0.05) is 29.7 Å². The maximum absolute atomic E-state index is 13.8. The van der Waals surface area contributed by atoms with E-state index in [1.54, 1.807) is 19.1 Å². The van der Waals surface area contributed by atoms with E-state index in [0.29, 0.717) is 37.7 Å². The van der Waals surface area contributed by atoms with Gasteiger partial charge in [-0.05, 0) is 43.0 Å². The Labute approximate surface area is 141 Å². The van der Waals surface area contributed by atoms with Crippen molar-refractivity contribution in [1.29, 1.82) is 0 Å². The summed E-state index contributed by atoms with van der Waals surface area (Å²) >= 11 is 6.20. The molecular weight excluding hydrogens is 321 g/mol. The van der Waals surface area contributed by atoms with Crippen molar-refractivity contribution in [3.8, 4) is 0 Å². The van der Waals surface area contributed by atoms with Gasteiger partial charge in [-0.2, -0.15) is 0 Å². The van der Waals surface area contributed by atoms with Gasteiger partial charge in [-0.1, -0.05) is 17.7 Å². The number of nitrogens with two attached hydrogens (primary N) is 1. The number of benzene rings is 1. The average molecular weight is 344 g/mol. The van der Waals surface area contributed by atoms with Gasteiger partial charge in [0.15, 0.2) is 0 Å². The molecule has 0 aliphatic carbocycles. The first-order chi connectivity index (χ1) is 11.0. The number of alkyl halides is 1. The molecule has 0 radical (unpaired) electrons. The molecule has 1 atom stereocenters. The van der Waals surface area contributed by atoms with E-state index in [1.165, 1.54) is 0 Å². The maximum Gasteiger partial charge on any atom is 0.307 e. The Morgan fingerprint density at radius 3 is 2.74 bits per heavy atom. The Balaban J connectivity index is 2.25. The smallest absolute Gasteiger partial charge is 0.307 e. The Hall–Kier alpha value is -1.17. The predicted molar refractivity (Wildman–Crippen MR) is 87.3 cm³/mol. The van der Waals surface area contributed by atoms with Gasteiger partial charge in [0.1, 0.15) is 0 Å². The Kier molecular flexibility index (Phi) is 6.39. The second kappa shape index (κ2) is 8.08. The lowest BCUT2D eigenvalue weighted by molar-refractivity contribution is -0.143. The summed E-state index contributed by atoms with van der Waals surface area (Å²) in [4.78, 5) is 11.6. The van der Waals surface area contributed by atoms with Crippen molar-refractivity contribution < 1.29 is 18.7 Å². The quantitative estimate of drug-likeness (QED) is 0.805. The van der Waals surface area contributed by atoms with Gasteiger partial charge in [-0.15, -0.1) is 0 Å². The lowest BCUT2D eigenvalue weighted by atomic mass is 9.74. The van der Waals surface area contributed by atoms with Crippen LogP contribution in [0.5, 0.6) is 0 Å². The van der Waals surface area contributed by atoms with Gasteiger partial charge in [-0.3, -0.25) is 9.18 Å². The van der Waals surface area contributed by atoms with Crippen molar-refractivity contribution in [2.45, 2.75) is 37.6 Å². The Morgan fingerprint density at radius 2 is 2.13 bits per heavy atom. The summed E-state index contributed by atoms with van der Waals surface area (Å²) in [6.45, 7) is 2.65. The molecule has 128 valence electrons. The first-order valence-electron chi connectivity index (χ1n) is 7.86. The molecule has 0 bridgehead atoms. The molecule has 1 aliphatic heterocycles. The van der Waals surface area contributed by atoms with Crippen molar-refractivity contribution in [2.75, 3.05) is 26.5 Å². The molecular formula is C17H23ClFNO3. The SMILES string of the molecule is CCOC(=O)CC(N)c1cc(Cl)cc(C2(CF)CCOCC2)c1. The molecule has 0 saturated carbocycles. The highest BCUT2D eigenvalue weighted by Crippen LogP contribution is 2.38. The van der Waals surface area contributed by atoms with Crippen LogP contribution in [0.1, 0.15) is 43.4 Å². The topological polar surface area (TPSA) is 61.5 Å². The van der Waals surface area contributed by atoms with Crippen LogP contribution < -0.4 is 5.73 Å². The molecule has 1 aromatic carbocycles. The highest BCUT2D eigenvalue weighted by atomic mass is 35.5. The van der Waals surface area contributed by atoms with Gasteiger partial charge >= 0.3 is 5.97 Å². The van der Waals surface area contributed by atoms with E-state index in [9.17, 15) is 9.18 Å². The van der Waals surface area contributed by atoms with Crippen LogP contribution in [0.2, 0.25) is 5.02 Å². The molecule has 2 N–H and O–H groups in total. The molecule has 1 aromatic rings. The minimum Gasteiger partial charge on any atom is -0.466 e. The molecule has 6 heteroatoms. The number of hydrogen-bond acceptors (Lipinski definition) is 4. The number of halogens is 2. The first kappa shape index (κ1) is 18.2. The molecule has 2 rings (SSSR count). The van der Waals surface area contributed by atoms with Gasteiger partial charge in [0.05, 0.1) is 19.7 Å². The summed E-state index contributed by atoms with van der Waals surface area (Å²) in [6, 6.07) is 4.84. The minimum atomic E-state index is -0.582. The lowest BCUT2D eigenvalue weighted by Gasteiger charge is -2.35. The summed E-state index contributed by atoms with van der Waals surface area (Å²) in [5.74, 6) is -0.354. The fraction of sp³-hybridized carbons (Fsp3) is 0.588. The highest BCUT2D eigenvalue weighted by molar-refractivity contribution is 6.30. The third kappa shape index (κ3) is 4.43. The average Bonchev–Trinajstić information content (AvgIpc) is 2.55. The molecule has 1 unspecified atom stereocenters. The zero-order chi connectivity index (χ0) is 16.9. The molecule has 23 heavy (non-hydrogen) atoms.